The number of benzene rings is 1. The van der Waals surface area contributed by atoms with E-state index in [2.05, 4.69) is 12.0 Å². The predicted octanol–water partition coefficient (Wildman–Crippen LogP) is 3.83. The van der Waals surface area contributed by atoms with Crippen molar-refractivity contribution < 1.29 is 0 Å². The van der Waals surface area contributed by atoms with Crippen LogP contribution in [0, 0.1) is 5.92 Å². The largest absolute Gasteiger partial charge is 0.265 e. The number of anilines is 1. The average Bonchev–Trinajstić information content (AvgIpc) is 2.52. The van der Waals surface area contributed by atoms with Gasteiger partial charge in [-0.15, -0.1) is 0 Å². The highest BCUT2D eigenvalue weighted by Crippen LogP contribution is 2.29. The molecule has 15 heavy (non-hydrogen) atoms. The molecule has 0 aromatic heterocycles. The Hall–Kier alpha value is -0.730. The first-order valence-corrected chi connectivity index (χ1v) is 5.61. The van der Waals surface area contributed by atoms with Crippen molar-refractivity contribution in [3.63, 3.8) is 0 Å². The number of hydrogen-bond donors (Lipinski definition) is 0. The lowest BCUT2D eigenvalue weighted by atomic mass is 10.1. The van der Waals surface area contributed by atoms with Crippen LogP contribution in [-0.4, -0.2) is 12.3 Å². The molecule has 0 spiro atoms. The zero-order valence-corrected chi connectivity index (χ0v) is 10.2. The van der Waals surface area contributed by atoms with Crippen molar-refractivity contribution in [2.24, 2.45) is 11.0 Å². The van der Waals surface area contributed by atoms with Crippen LogP contribution in [0.1, 0.15) is 13.8 Å². The molecule has 1 aromatic rings. The van der Waals surface area contributed by atoms with E-state index in [-0.39, 0.29) is 0 Å². The van der Waals surface area contributed by atoms with Crippen molar-refractivity contribution >= 4 is 34.6 Å². The van der Waals surface area contributed by atoms with Gasteiger partial charge in [-0.05, 0) is 25.1 Å². The molecule has 0 saturated carbocycles. The third-order valence-corrected chi connectivity index (χ3v) is 3.38. The van der Waals surface area contributed by atoms with Crippen molar-refractivity contribution in [1.29, 1.82) is 0 Å². The van der Waals surface area contributed by atoms with Crippen LogP contribution in [0.5, 0.6) is 0 Å². The highest BCUT2D eigenvalue weighted by molar-refractivity contribution is 6.42. The van der Waals surface area contributed by atoms with Crippen LogP contribution in [0.15, 0.2) is 23.3 Å². The van der Waals surface area contributed by atoms with Gasteiger partial charge in [0.2, 0.25) is 0 Å². The third-order valence-electron chi connectivity index (χ3n) is 2.64. The summed E-state index contributed by atoms with van der Waals surface area (Å²) in [5.41, 5.74) is 2.15. The summed E-state index contributed by atoms with van der Waals surface area (Å²) >= 11 is 11.8. The lowest BCUT2D eigenvalue weighted by molar-refractivity contribution is 0.774. The van der Waals surface area contributed by atoms with E-state index in [0.29, 0.717) is 16.0 Å². The maximum Gasteiger partial charge on any atom is 0.0613 e. The topological polar surface area (TPSA) is 15.6 Å². The third kappa shape index (κ3) is 2.11. The fraction of sp³-hybridized carbons (Fsp3) is 0.364. The van der Waals surface area contributed by atoms with Gasteiger partial charge in [0.1, 0.15) is 0 Å². The van der Waals surface area contributed by atoms with Crippen LogP contribution in [0.4, 0.5) is 5.69 Å². The van der Waals surface area contributed by atoms with Gasteiger partial charge in [0.15, 0.2) is 0 Å². The van der Waals surface area contributed by atoms with Crippen molar-refractivity contribution in [1.82, 2.24) is 0 Å². The standard InChI is InChI=1S/C11H12Cl2N2/c1-7-6-15(14-8(7)2)9-3-4-10(12)11(13)5-9/h3-5,7H,6H2,1-2H3. The van der Waals surface area contributed by atoms with E-state index in [0.717, 1.165) is 17.9 Å². The van der Waals surface area contributed by atoms with Gasteiger partial charge in [-0.25, -0.2) is 0 Å². The predicted molar refractivity (Wildman–Crippen MR) is 66.1 cm³/mol. The van der Waals surface area contributed by atoms with Crippen LogP contribution in [-0.2, 0) is 0 Å². The van der Waals surface area contributed by atoms with Crippen molar-refractivity contribution in [3.8, 4) is 0 Å². The fourth-order valence-electron chi connectivity index (χ4n) is 1.53. The zero-order chi connectivity index (χ0) is 11.0. The summed E-state index contributed by atoms with van der Waals surface area (Å²) in [4.78, 5) is 0. The van der Waals surface area contributed by atoms with Crippen molar-refractivity contribution in [2.45, 2.75) is 13.8 Å². The van der Waals surface area contributed by atoms with Crippen molar-refractivity contribution in [3.05, 3.63) is 28.2 Å². The maximum absolute atomic E-state index is 5.96. The Morgan fingerprint density at radius 2 is 2.07 bits per heavy atom. The summed E-state index contributed by atoms with van der Waals surface area (Å²) in [6.07, 6.45) is 0. The first kappa shape index (κ1) is 10.8. The van der Waals surface area contributed by atoms with Crippen LogP contribution >= 0.6 is 23.2 Å². The smallest absolute Gasteiger partial charge is 0.0613 e. The lowest BCUT2D eigenvalue weighted by Gasteiger charge is -2.15. The van der Waals surface area contributed by atoms with Crippen LogP contribution in [0.3, 0.4) is 0 Å². The van der Waals surface area contributed by atoms with E-state index in [1.807, 2.05) is 24.1 Å². The van der Waals surface area contributed by atoms with Crippen molar-refractivity contribution in [2.75, 3.05) is 11.6 Å². The van der Waals surface area contributed by atoms with E-state index in [4.69, 9.17) is 23.2 Å². The molecule has 0 aliphatic carbocycles. The van der Waals surface area contributed by atoms with Gasteiger partial charge in [-0.1, -0.05) is 30.1 Å². The molecule has 0 amide bonds. The molecule has 1 unspecified atom stereocenters. The molecule has 2 nitrogen and oxygen atoms in total. The summed E-state index contributed by atoms with van der Waals surface area (Å²) < 4.78 is 0. The molecule has 4 heteroatoms. The Balaban J connectivity index is 2.28. The van der Waals surface area contributed by atoms with Gasteiger partial charge in [-0.2, -0.15) is 5.10 Å². The summed E-state index contributed by atoms with van der Waals surface area (Å²) in [6.45, 7) is 5.11. The fourth-order valence-corrected chi connectivity index (χ4v) is 1.82. The van der Waals surface area contributed by atoms with E-state index in [9.17, 15) is 0 Å². The number of hydrazone groups is 1. The van der Waals surface area contributed by atoms with E-state index in [1.54, 1.807) is 6.07 Å². The van der Waals surface area contributed by atoms with Gasteiger partial charge in [0, 0.05) is 18.2 Å². The normalized spacial score (nSPS) is 20.7. The molecule has 0 radical (unpaired) electrons. The van der Waals surface area contributed by atoms with E-state index in [1.165, 1.54) is 0 Å². The number of rotatable bonds is 1. The van der Waals surface area contributed by atoms with Gasteiger partial charge in [0.25, 0.3) is 0 Å². The second-order valence-corrected chi connectivity index (χ2v) is 4.64. The maximum atomic E-state index is 5.96. The minimum absolute atomic E-state index is 0.499. The monoisotopic (exact) mass is 242 g/mol. The molecule has 0 saturated heterocycles. The van der Waals surface area contributed by atoms with Crippen LogP contribution in [0.2, 0.25) is 10.0 Å². The first-order valence-electron chi connectivity index (χ1n) is 4.85. The average molecular weight is 243 g/mol. The molecular weight excluding hydrogens is 231 g/mol. The molecule has 0 fully saturated rings. The molecule has 0 N–H and O–H groups in total. The van der Waals surface area contributed by atoms with Gasteiger partial charge in [0.05, 0.1) is 15.7 Å². The Morgan fingerprint density at radius 1 is 1.33 bits per heavy atom. The second kappa shape index (κ2) is 4.03. The minimum atomic E-state index is 0.499. The summed E-state index contributed by atoms with van der Waals surface area (Å²) in [5.74, 6) is 0.499. The van der Waals surface area contributed by atoms with Crippen LogP contribution < -0.4 is 5.01 Å². The number of hydrogen-bond acceptors (Lipinski definition) is 2. The van der Waals surface area contributed by atoms with E-state index >= 15 is 0 Å². The molecule has 0 bridgehead atoms. The zero-order valence-electron chi connectivity index (χ0n) is 8.67. The number of nitrogens with zero attached hydrogens (tertiary/aromatic N) is 2. The van der Waals surface area contributed by atoms with Gasteiger partial charge >= 0.3 is 0 Å². The van der Waals surface area contributed by atoms with E-state index < -0.39 is 0 Å². The SMILES string of the molecule is CC1=NN(c2ccc(Cl)c(Cl)c2)CC1C. The Kier molecular flexibility index (Phi) is 2.89. The number of halogens is 2. The molecular formula is C11H12Cl2N2. The Bertz CT molecular complexity index is 415. The summed E-state index contributed by atoms with van der Waals surface area (Å²) in [6, 6.07) is 5.58. The molecule has 2 rings (SSSR count). The molecule has 1 aliphatic heterocycles. The highest BCUT2D eigenvalue weighted by atomic mass is 35.5. The van der Waals surface area contributed by atoms with Crippen LogP contribution in [0.25, 0.3) is 0 Å². The molecule has 1 aliphatic rings. The first-order chi connectivity index (χ1) is 7.08. The van der Waals surface area contributed by atoms with Gasteiger partial charge in [-0.3, -0.25) is 5.01 Å². The summed E-state index contributed by atoms with van der Waals surface area (Å²) in [5, 5.41) is 7.57. The molecule has 1 aromatic carbocycles. The second-order valence-electron chi connectivity index (χ2n) is 3.82. The molecule has 80 valence electrons. The lowest BCUT2D eigenvalue weighted by Crippen LogP contribution is -2.16. The molecule has 1 heterocycles. The highest BCUT2D eigenvalue weighted by Gasteiger charge is 2.20. The Labute approximate surface area is 99.5 Å². The molecule has 1 atom stereocenters. The summed E-state index contributed by atoms with van der Waals surface area (Å²) in [7, 11) is 0. The minimum Gasteiger partial charge on any atom is -0.265 e. The quantitative estimate of drug-likeness (QED) is 0.731. The van der Waals surface area contributed by atoms with Gasteiger partial charge < -0.3 is 0 Å². The Morgan fingerprint density at radius 3 is 2.60 bits per heavy atom.